The molecular weight excluding hydrogens is 280 g/mol. The molecule has 0 aliphatic rings. The summed E-state index contributed by atoms with van der Waals surface area (Å²) in [5.41, 5.74) is 1.29. The van der Waals surface area contributed by atoms with Crippen LogP contribution >= 0.6 is 0 Å². The van der Waals surface area contributed by atoms with Crippen molar-refractivity contribution in [2.24, 2.45) is 0 Å². The SMILES string of the molecule is Cc1ccc(S(=O)(=O)NCc2cc[nH]c2)cc1C(=O)O. The molecule has 0 fully saturated rings. The summed E-state index contributed by atoms with van der Waals surface area (Å²) in [6, 6.07) is 5.78. The number of benzene rings is 1. The Morgan fingerprint density at radius 1 is 1.35 bits per heavy atom. The zero-order valence-electron chi connectivity index (χ0n) is 10.8. The van der Waals surface area contributed by atoms with E-state index in [1.54, 1.807) is 25.4 Å². The van der Waals surface area contributed by atoms with Crippen molar-refractivity contribution in [2.45, 2.75) is 18.4 Å². The van der Waals surface area contributed by atoms with Crippen molar-refractivity contribution >= 4 is 16.0 Å². The van der Waals surface area contributed by atoms with Gasteiger partial charge in [0.2, 0.25) is 10.0 Å². The fraction of sp³-hybridized carbons (Fsp3) is 0.154. The van der Waals surface area contributed by atoms with Gasteiger partial charge in [0.05, 0.1) is 10.5 Å². The monoisotopic (exact) mass is 294 g/mol. The van der Waals surface area contributed by atoms with Crippen LogP contribution in [0.2, 0.25) is 0 Å². The maximum atomic E-state index is 12.1. The van der Waals surface area contributed by atoms with Crippen LogP contribution < -0.4 is 4.72 Å². The van der Waals surface area contributed by atoms with Crippen LogP contribution in [0.25, 0.3) is 0 Å². The smallest absolute Gasteiger partial charge is 0.335 e. The number of hydrogen-bond acceptors (Lipinski definition) is 3. The number of aromatic nitrogens is 1. The summed E-state index contributed by atoms with van der Waals surface area (Å²) in [5.74, 6) is -1.15. The molecule has 7 heteroatoms. The summed E-state index contributed by atoms with van der Waals surface area (Å²) in [7, 11) is -3.74. The van der Waals surface area contributed by atoms with E-state index in [1.807, 2.05) is 0 Å². The van der Waals surface area contributed by atoms with Gasteiger partial charge < -0.3 is 10.1 Å². The number of sulfonamides is 1. The lowest BCUT2D eigenvalue weighted by atomic mass is 10.1. The number of nitrogens with one attached hydrogen (secondary N) is 2. The number of hydrogen-bond donors (Lipinski definition) is 3. The second-order valence-electron chi connectivity index (χ2n) is 4.33. The van der Waals surface area contributed by atoms with Gasteiger partial charge in [0.25, 0.3) is 0 Å². The number of carboxylic acid groups (broad SMARTS) is 1. The Bertz CT molecular complexity index is 721. The van der Waals surface area contributed by atoms with E-state index in [9.17, 15) is 13.2 Å². The normalized spacial score (nSPS) is 11.4. The highest BCUT2D eigenvalue weighted by molar-refractivity contribution is 7.89. The molecule has 0 aliphatic carbocycles. The van der Waals surface area contributed by atoms with Gasteiger partial charge in [-0.3, -0.25) is 0 Å². The van der Waals surface area contributed by atoms with Gasteiger partial charge in [-0.1, -0.05) is 6.07 Å². The van der Waals surface area contributed by atoms with E-state index in [-0.39, 0.29) is 17.0 Å². The lowest BCUT2D eigenvalue weighted by Gasteiger charge is -2.08. The molecule has 6 nitrogen and oxygen atoms in total. The van der Waals surface area contributed by atoms with Crippen LogP contribution in [0.1, 0.15) is 21.5 Å². The standard InChI is InChI=1S/C13H14N2O4S/c1-9-2-3-11(6-12(9)13(16)17)20(18,19)15-8-10-4-5-14-7-10/h2-7,14-15H,8H2,1H3,(H,16,17). The Labute approximate surface area is 116 Å². The Morgan fingerprint density at radius 3 is 2.70 bits per heavy atom. The molecule has 106 valence electrons. The van der Waals surface area contributed by atoms with Crippen LogP contribution in [-0.2, 0) is 16.6 Å². The van der Waals surface area contributed by atoms with Crippen LogP contribution in [0, 0.1) is 6.92 Å². The van der Waals surface area contributed by atoms with Crippen molar-refractivity contribution in [3.63, 3.8) is 0 Å². The van der Waals surface area contributed by atoms with Gasteiger partial charge in [-0.2, -0.15) is 0 Å². The first-order chi connectivity index (χ1) is 9.40. The van der Waals surface area contributed by atoms with Gasteiger partial charge in [-0.05, 0) is 36.2 Å². The maximum Gasteiger partial charge on any atom is 0.335 e. The number of rotatable bonds is 5. The Morgan fingerprint density at radius 2 is 2.10 bits per heavy atom. The molecule has 1 heterocycles. The van der Waals surface area contributed by atoms with Crippen molar-refractivity contribution in [3.05, 3.63) is 53.3 Å². The maximum absolute atomic E-state index is 12.1. The minimum Gasteiger partial charge on any atom is -0.478 e. The second-order valence-corrected chi connectivity index (χ2v) is 6.09. The van der Waals surface area contributed by atoms with E-state index in [1.165, 1.54) is 12.1 Å². The van der Waals surface area contributed by atoms with E-state index >= 15 is 0 Å². The molecule has 0 radical (unpaired) electrons. The molecule has 2 aromatic rings. The number of aromatic carboxylic acids is 1. The third-order valence-corrected chi connectivity index (χ3v) is 4.28. The van der Waals surface area contributed by atoms with Gasteiger partial charge >= 0.3 is 5.97 Å². The molecule has 0 aliphatic heterocycles. The van der Waals surface area contributed by atoms with Crippen molar-refractivity contribution in [3.8, 4) is 0 Å². The van der Waals surface area contributed by atoms with Crippen LogP contribution in [0.4, 0.5) is 0 Å². The van der Waals surface area contributed by atoms with Crippen LogP contribution in [0.15, 0.2) is 41.6 Å². The number of carboxylic acids is 1. The first-order valence-corrected chi connectivity index (χ1v) is 7.34. The number of H-pyrrole nitrogens is 1. The van der Waals surface area contributed by atoms with Crippen molar-refractivity contribution in [2.75, 3.05) is 0 Å². The molecule has 0 saturated heterocycles. The predicted octanol–water partition coefficient (Wildman–Crippen LogP) is 1.50. The second kappa shape index (κ2) is 5.48. The Hall–Kier alpha value is -2.12. The summed E-state index contributed by atoms with van der Waals surface area (Å²) in [6.07, 6.45) is 3.37. The highest BCUT2D eigenvalue weighted by Gasteiger charge is 2.17. The third-order valence-electron chi connectivity index (χ3n) is 2.88. The molecule has 0 unspecified atom stereocenters. The van der Waals surface area contributed by atoms with Crippen LogP contribution in [-0.4, -0.2) is 24.5 Å². The molecular formula is C13H14N2O4S. The molecule has 0 atom stereocenters. The largest absolute Gasteiger partial charge is 0.478 e. The molecule has 0 spiro atoms. The molecule has 3 N–H and O–H groups in total. The first kappa shape index (κ1) is 14.3. The van der Waals surface area contributed by atoms with Crippen LogP contribution in [0.5, 0.6) is 0 Å². The van der Waals surface area contributed by atoms with Gasteiger partial charge in [0.1, 0.15) is 0 Å². The predicted molar refractivity (Wildman–Crippen MR) is 73.0 cm³/mol. The molecule has 20 heavy (non-hydrogen) atoms. The zero-order valence-corrected chi connectivity index (χ0v) is 11.6. The first-order valence-electron chi connectivity index (χ1n) is 5.85. The van der Waals surface area contributed by atoms with Crippen molar-refractivity contribution < 1.29 is 18.3 Å². The number of carbonyl (C=O) groups is 1. The number of aryl methyl sites for hydroxylation is 1. The molecule has 1 aromatic heterocycles. The molecule has 0 saturated carbocycles. The Kier molecular flexibility index (Phi) is 3.91. The van der Waals surface area contributed by atoms with E-state index in [4.69, 9.17) is 5.11 Å². The minimum atomic E-state index is -3.74. The fourth-order valence-corrected chi connectivity index (χ4v) is 2.77. The fourth-order valence-electron chi connectivity index (χ4n) is 1.73. The van der Waals surface area contributed by atoms with Gasteiger partial charge in [-0.15, -0.1) is 0 Å². The minimum absolute atomic E-state index is 0.0190. The van der Waals surface area contributed by atoms with E-state index in [0.717, 1.165) is 11.6 Å². The number of aromatic amines is 1. The summed E-state index contributed by atoms with van der Waals surface area (Å²) >= 11 is 0. The average Bonchev–Trinajstić information content (AvgIpc) is 2.89. The van der Waals surface area contributed by atoms with E-state index in [0.29, 0.717) is 5.56 Å². The summed E-state index contributed by atoms with van der Waals surface area (Å²) in [5, 5.41) is 9.02. The lowest BCUT2D eigenvalue weighted by molar-refractivity contribution is 0.0696. The average molecular weight is 294 g/mol. The third kappa shape index (κ3) is 3.06. The lowest BCUT2D eigenvalue weighted by Crippen LogP contribution is -2.23. The topological polar surface area (TPSA) is 99.3 Å². The van der Waals surface area contributed by atoms with E-state index < -0.39 is 16.0 Å². The zero-order chi connectivity index (χ0) is 14.8. The van der Waals surface area contributed by atoms with Gasteiger partial charge in [0, 0.05) is 18.9 Å². The molecule has 1 aromatic carbocycles. The highest BCUT2D eigenvalue weighted by atomic mass is 32.2. The Balaban J connectivity index is 2.25. The summed E-state index contributed by atoms with van der Waals surface area (Å²) < 4.78 is 26.6. The van der Waals surface area contributed by atoms with Crippen LogP contribution in [0.3, 0.4) is 0 Å². The summed E-state index contributed by atoms with van der Waals surface area (Å²) in [4.78, 5) is 13.8. The molecule has 2 rings (SSSR count). The molecule has 0 bridgehead atoms. The molecule has 0 amide bonds. The van der Waals surface area contributed by atoms with Crippen molar-refractivity contribution in [1.29, 1.82) is 0 Å². The van der Waals surface area contributed by atoms with E-state index in [2.05, 4.69) is 9.71 Å². The van der Waals surface area contributed by atoms with Crippen molar-refractivity contribution in [1.82, 2.24) is 9.71 Å². The van der Waals surface area contributed by atoms with Gasteiger partial charge in [0.15, 0.2) is 0 Å². The summed E-state index contributed by atoms with van der Waals surface area (Å²) in [6.45, 7) is 1.76. The van der Waals surface area contributed by atoms with Gasteiger partial charge in [-0.25, -0.2) is 17.9 Å². The highest BCUT2D eigenvalue weighted by Crippen LogP contribution is 2.16. The quantitative estimate of drug-likeness (QED) is 0.778.